The number of hydrogen-bond donors (Lipinski definition) is 1. The largest absolute Gasteiger partial charge is 0.344 e. The van der Waals surface area contributed by atoms with Crippen LogP contribution < -0.4 is 10.7 Å². The number of aromatic nitrogens is 3. The number of carbonyl (C=O) groups excluding carboxylic acids is 1. The predicted octanol–water partition coefficient (Wildman–Crippen LogP) is 4.64. The molecular weight excluding hydrogens is 444 g/mol. The van der Waals surface area contributed by atoms with Crippen LogP contribution in [0, 0.1) is 13.8 Å². The van der Waals surface area contributed by atoms with Gasteiger partial charge in [-0.25, -0.2) is 4.98 Å². The first-order chi connectivity index (χ1) is 16.4. The Morgan fingerprint density at radius 2 is 1.79 bits per heavy atom. The Bertz CT molecular complexity index is 1330. The van der Waals surface area contributed by atoms with Crippen molar-refractivity contribution >= 4 is 17.2 Å². The van der Waals surface area contributed by atoms with E-state index in [1.165, 1.54) is 11.3 Å². The number of nitrogens with one attached hydrogen (secondary N) is 1. The lowest BCUT2D eigenvalue weighted by atomic mass is 10.0. The Hall–Kier alpha value is -3.58. The molecule has 6 nitrogen and oxygen atoms in total. The van der Waals surface area contributed by atoms with Crippen LogP contribution in [0.5, 0.6) is 0 Å². The number of carbonyl (C=O) groups is 1. The third-order valence-corrected chi connectivity index (χ3v) is 6.66. The van der Waals surface area contributed by atoms with Gasteiger partial charge < -0.3 is 9.88 Å². The van der Waals surface area contributed by atoms with Crippen LogP contribution in [0.1, 0.15) is 56.5 Å². The molecule has 0 bridgehead atoms. The monoisotopic (exact) mass is 472 g/mol. The fourth-order valence-corrected chi connectivity index (χ4v) is 4.76. The number of rotatable bonds is 8. The van der Waals surface area contributed by atoms with Gasteiger partial charge in [0.2, 0.25) is 0 Å². The Morgan fingerprint density at radius 1 is 1.06 bits per heavy atom. The number of thiazole rings is 1. The molecule has 0 radical (unpaired) electrons. The van der Waals surface area contributed by atoms with E-state index in [0.717, 1.165) is 39.6 Å². The third-order valence-electron chi connectivity index (χ3n) is 5.86. The zero-order chi connectivity index (χ0) is 24.1. The molecule has 1 N–H and O–H groups in total. The molecule has 1 aromatic carbocycles. The van der Waals surface area contributed by atoms with E-state index in [1.54, 1.807) is 18.5 Å². The zero-order valence-corrected chi connectivity index (χ0v) is 20.4. The molecule has 0 saturated heterocycles. The van der Waals surface area contributed by atoms with E-state index in [2.05, 4.69) is 32.0 Å². The van der Waals surface area contributed by atoms with Crippen molar-refractivity contribution in [2.45, 2.75) is 46.2 Å². The summed E-state index contributed by atoms with van der Waals surface area (Å²) in [5.41, 5.74) is 4.52. The summed E-state index contributed by atoms with van der Waals surface area (Å²) in [6, 6.07) is 15.3. The molecule has 3 aromatic heterocycles. The van der Waals surface area contributed by atoms with E-state index in [-0.39, 0.29) is 22.9 Å². The van der Waals surface area contributed by atoms with Gasteiger partial charge >= 0.3 is 0 Å². The number of aryl methyl sites for hydroxylation is 3. The van der Waals surface area contributed by atoms with Gasteiger partial charge in [-0.3, -0.25) is 14.6 Å². The average Bonchev–Trinajstić information content (AvgIpc) is 3.27. The molecule has 0 saturated carbocycles. The molecule has 34 heavy (non-hydrogen) atoms. The van der Waals surface area contributed by atoms with Gasteiger partial charge in [0.25, 0.3) is 5.91 Å². The smallest absolute Gasteiger partial charge is 0.257 e. The van der Waals surface area contributed by atoms with Crippen molar-refractivity contribution in [1.82, 2.24) is 19.9 Å². The first kappa shape index (κ1) is 23.6. The molecule has 7 heteroatoms. The van der Waals surface area contributed by atoms with Gasteiger partial charge in [0.05, 0.1) is 16.7 Å². The highest BCUT2D eigenvalue weighted by Crippen LogP contribution is 2.19. The molecule has 4 rings (SSSR count). The molecule has 1 unspecified atom stereocenters. The second kappa shape index (κ2) is 10.6. The van der Waals surface area contributed by atoms with Crippen LogP contribution in [0.15, 0.2) is 71.1 Å². The summed E-state index contributed by atoms with van der Waals surface area (Å²) in [6.45, 7) is 6.29. The molecule has 0 fully saturated rings. The van der Waals surface area contributed by atoms with Crippen LogP contribution in [-0.4, -0.2) is 20.4 Å². The first-order valence-corrected chi connectivity index (χ1v) is 12.2. The second-order valence-electron chi connectivity index (χ2n) is 8.39. The molecule has 3 heterocycles. The summed E-state index contributed by atoms with van der Waals surface area (Å²) >= 11 is 1.54. The van der Waals surface area contributed by atoms with E-state index in [0.29, 0.717) is 13.0 Å². The van der Waals surface area contributed by atoms with Crippen molar-refractivity contribution in [3.8, 4) is 0 Å². The maximum Gasteiger partial charge on any atom is 0.257 e. The number of benzene rings is 1. The Labute approximate surface area is 203 Å². The summed E-state index contributed by atoms with van der Waals surface area (Å²) in [7, 11) is 0. The lowest BCUT2D eigenvalue weighted by Gasteiger charge is -2.21. The Balaban J connectivity index is 1.73. The lowest BCUT2D eigenvalue weighted by Crippen LogP contribution is -2.34. The zero-order valence-electron chi connectivity index (χ0n) is 19.6. The van der Waals surface area contributed by atoms with Gasteiger partial charge in [0.1, 0.15) is 5.56 Å². The molecule has 1 amide bonds. The number of pyridine rings is 2. The highest BCUT2D eigenvalue weighted by atomic mass is 32.1. The van der Waals surface area contributed by atoms with Crippen molar-refractivity contribution < 1.29 is 4.79 Å². The van der Waals surface area contributed by atoms with Crippen LogP contribution in [0.25, 0.3) is 0 Å². The maximum atomic E-state index is 13.4. The second-order valence-corrected chi connectivity index (χ2v) is 9.45. The third kappa shape index (κ3) is 5.48. The highest BCUT2D eigenvalue weighted by Gasteiger charge is 2.23. The van der Waals surface area contributed by atoms with Crippen LogP contribution >= 0.6 is 11.3 Å². The lowest BCUT2D eigenvalue weighted by molar-refractivity contribution is 0.0936. The van der Waals surface area contributed by atoms with Crippen LogP contribution in [0.3, 0.4) is 0 Å². The molecule has 174 valence electrons. The standard InChI is InChI=1S/C27H28N4O2S/c1-18-15-25(32)26(27(33)29-19(2)23-17-34-20(3)30-23)24(10-9-21-7-5-4-6-8-21)31(18)16-22-11-13-28-14-12-22/h4-8,11-15,17,19H,9-10,16H2,1-3H3,(H,29,33). The van der Waals surface area contributed by atoms with E-state index >= 15 is 0 Å². The fraction of sp³-hybridized carbons (Fsp3) is 0.259. The topological polar surface area (TPSA) is 76.9 Å². The maximum absolute atomic E-state index is 13.4. The Kier molecular flexibility index (Phi) is 7.33. The molecular formula is C27H28N4O2S. The summed E-state index contributed by atoms with van der Waals surface area (Å²) in [6.07, 6.45) is 4.80. The van der Waals surface area contributed by atoms with Crippen LogP contribution in [-0.2, 0) is 19.4 Å². The van der Waals surface area contributed by atoms with Gasteiger partial charge in [-0.05, 0) is 56.9 Å². The minimum atomic E-state index is -0.366. The summed E-state index contributed by atoms with van der Waals surface area (Å²) in [4.78, 5) is 35.2. The van der Waals surface area contributed by atoms with Crippen molar-refractivity contribution in [2.75, 3.05) is 0 Å². The normalized spacial score (nSPS) is 11.9. The highest BCUT2D eigenvalue weighted by molar-refractivity contribution is 7.09. The SMILES string of the molecule is Cc1nc(C(C)NC(=O)c2c(CCc3ccccc3)n(Cc3ccncc3)c(C)cc2=O)cs1. The fourth-order valence-electron chi connectivity index (χ4n) is 4.05. The van der Waals surface area contributed by atoms with Crippen molar-refractivity contribution in [1.29, 1.82) is 0 Å². The van der Waals surface area contributed by atoms with Crippen molar-refractivity contribution in [2.24, 2.45) is 0 Å². The quantitative estimate of drug-likeness (QED) is 0.405. The summed E-state index contributed by atoms with van der Waals surface area (Å²) in [5.74, 6) is -0.366. The molecule has 0 aliphatic carbocycles. The van der Waals surface area contributed by atoms with E-state index < -0.39 is 0 Å². The molecule has 1 atom stereocenters. The van der Waals surface area contributed by atoms with Gasteiger partial charge in [-0.1, -0.05) is 30.3 Å². The predicted molar refractivity (Wildman–Crippen MR) is 135 cm³/mol. The minimum absolute atomic E-state index is 0.203. The van der Waals surface area contributed by atoms with Crippen LogP contribution in [0.2, 0.25) is 0 Å². The van der Waals surface area contributed by atoms with E-state index in [9.17, 15) is 9.59 Å². The molecule has 0 aliphatic rings. The molecule has 4 aromatic rings. The molecule has 0 aliphatic heterocycles. The number of nitrogens with zero attached hydrogens (tertiary/aromatic N) is 3. The summed E-state index contributed by atoms with van der Waals surface area (Å²) in [5, 5.41) is 5.88. The van der Waals surface area contributed by atoms with Crippen molar-refractivity contribution in [3.05, 3.63) is 115 Å². The van der Waals surface area contributed by atoms with E-state index in [1.807, 2.05) is 56.5 Å². The van der Waals surface area contributed by atoms with E-state index in [4.69, 9.17) is 0 Å². The number of hydrogen-bond acceptors (Lipinski definition) is 5. The summed E-state index contributed by atoms with van der Waals surface area (Å²) < 4.78 is 2.08. The van der Waals surface area contributed by atoms with Gasteiger partial charge in [0, 0.05) is 41.8 Å². The van der Waals surface area contributed by atoms with Gasteiger partial charge in [-0.2, -0.15) is 0 Å². The van der Waals surface area contributed by atoms with Crippen molar-refractivity contribution in [3.63, 3.8) is 0 Å². The number of amides is 1. The van der Waals surface area contributed by atoms with Gasteiger partial charge in [-0.15, -0.1) is 11.3 Å². The minimum Gasteiger partial charge on any atom is -0.344 e. The molecule has 0 spiro atoms. The van der Waals surface area contributed by atoms with Gasteiger partial charge in [0.15, 0.2) is 5.43 Å². The Morgan fingerprint density at radius 3 is 2.47 bits per heavy atom. The first-order valence-electron chi connectivity index (χ1n) is 11.3. The van der Waals surface area contributed by atoms with Crippen LogP contribution in [0.4, 0.5) is 0 Å². The average molecular weight is 473 g/mol.